The Balaban J connectivity index is 1.77. The molecule has 3 aliphatic heterocycles. The fourth-order valence-corrected chi connectivity index (χ4v) is 3.43. The highest BCUT2D eigenvalue weighted by Gasteiger charge is 2.47. The van der Waals surface area contributed by atoms with Gasteiger partial charge in [-0.1, -0.05) is 0 Å². The van der Waals surface area contributed by atoms with Gasteiger partial charge in [-0.2, -0.15) is 0 Å². The molecule has 2 bridgehead atoms. The molecule has 0 aliphatic carbocycles. The van der Waals surface area contributed by atoms with Gasteiger partial charge in [0.25, 0.3) is 0 Å². The van der Waals surface area contributed by atoms with E-state index in [4.69, 9.17) is 5.11 Å². The third-order valence-electron chi connectivity index (χ3n) is 4.07. The molecule has 4 heteroatoms. The summed E-state index contributed by atoms with van der Waals surface area (Å²) in [6.45, 7) is 0. The average Bonchev–Trinajstić information content (AvgIpc) is 2.71. The van der Waals surface area contributed by atoms with Crippen molar-refractivity contribution in [3.8, 4) is 0 Å². The maximum atomic E-state index is 10.9. The minimum absolute atomic E-state index is 0.300. The van der Waals surface area contributed by atoms with Crippen molar-refractivity contribution in [3.05, 3.63) is 0 Å². The number of carboxylic acids is 1. The molecule has 0 spiro atoms. The van der Waals surface area contributed by atoms with Crippen molar-refractivity contribution in [1.29, 1.82) is 0 Å². The minimum Gasteiger partial charge on any atom is -0.480 e. The van der Waals surface area contributed by atoms with E-state index in [1.165, 1.54) is 12.8 Å². The number of carbonyl (C=O) groups is 1. The van der Waals surface area contributed by atoms with Crippen LogP contribution in [0, 0.1) is 5.92 Å². The summed E-state index contributed by atoms with van der Waals surface area (Å²) < 4.78 is 0. The number of nitrogens with one attached hydrogen (secondary N) is 2. The van der Waals surface area contributed by atoms with Crippen LogP contribution in [0.4, 0.5) is 0 Å². The Morgan fingerprint density at radius 3 is 2.79 bits per heavy atom. The molecule has 0 aromatic rings. The molecule has 3 fully saturated rings. The first-order valence-corrected chi connectivity index (χ1v) is 5.49. The number of carboxylic acid groups (broad SMARTS) is 1. The second-order valence-corrected chi connectivity index (χ2v) is 4.85. The summed E-state index contributed by atoms with van der Waals surface area (Å²) in [5, 5.41) is 15.8. The van der Waals surface area contributed by atoms with Crippen molar-refractivity contribution in [3.63, 3.8) is 0 Å². The molecule has 0 aromatic carbocycles. The van der Waals surface area contributed by atoms with Crippen LogP contribution < -0.4 is 10.6 Å². The molecular weight excluding hydrogens is 180 g/mol. The van der Waals surface area contributed by atoms with Gasteiger partial charge in [-0.3, -0.25) is 4.79 Å². The predicted molar refractivity (Wildman–Crippen MR) is 51.0 cm³/mol. The zero-order valence-electron chi connectivity index (χ0n) is 8.07. The predicted octanol–water partition coefficient (Wildman–Crippen LogP) is -0.0580. The van der Waals surface area contributed by atoms with Gasteiger partial charge >= 0.3 is 5.97 Å². The van der Waals surface area contributed by atoms with Gasteiger partial charge in [0.15, 0.2) is 0 Å². The highest BCUT2D eigenvalue weighted by molar-refractivity contribution is 5.74. The summed E-state index contributed by atoms with van der Waals surface area (Å²) >= 11 is 0. The topological polar surface area (TPSA) is 61.4 Å². The summed E-state index contributed by atoms with van der Waals surface area (Å²) in [5.74, 6) is -0.134. The van der Waals surface area contributed by atoms with E-state index in [1.54, 1.807) is 0 Å². The van der Waals surface area contributed by atoms with E-state index >= 15 is 0 Å². The molecule has 0 aromatic heterocycles. The van der Waals surface area contributed by atoms with Gasteiger partial charge in [-0.05, 0) is 31.6 Å². The number of hydrogen-bond donors (Lipinski definition) is 3. The van der Waals surface area contributed by atoms with E-state index in [2.05, 4.69) is 10.6 Å². The van der Waals surface area contributed by atoms with Gasteiger partial charge in [0, 0.05) is 18.1 Å². The van der Waals surface area contributed by atoms with Crippen LogP contribution in [0.3, 0.4) is 0 Å². The third-order valence-corrected chi connectivity index (χ3v) is 4.07. The average molecular weight is 196 g/mol. The second kappa shape index (κ2) is 2.94. The lowest BCUT2D eigenvalue weighted by Gasteiger charge is -2.32. The van der Waals surface area contributed by atoms with E-state index in [0.717, 1.165) is 12.8 Å². The number of fused-ring (bicyclic) bond motifs is 4. The van der Waals surface area contributed by atoms with Crippen molar-refractivity contribution in [2.24, 2.45) is 5.92 Å². The van der Waals surface area contributed by atoms with Crippen LogP contribution in [-0.2, 0) is 4.79 Å². The molecule has 3 heterocycles. The number of rotatable bonds is 1. The van der Waals surface area contributed by atoms with Gasteiger partial charge in [-0.15, -0.1) is 0 Å². The van der Waals surface area contributed by atoms with Crippen LogP contribution in [-0.4, -0.2) is 35.2 Å². The zero-order chi connectivity index (χ0) is 9.71. The second-order valence-electron chi connectivity index (χ2n) is 4.85. The summed E-state index contributed by atoms with van der Waals surface area (Å²) in [7, 11) is 0. The van der Waals surface area contributed by atoms with Gasteiger partial charge in [0.1, 0.15) is 6.04 Å². The maximum Gasteiger partial charge on any atom is 0.320 e. The highest BCUT2D eigenvalue weighted by Crippen LogP contribution is 2.37. The fraction of sp³-hybridized carbons (Fsp3) is 0.900. The van der Waals surface area contributed by atoms with Crippen LogP contribution in [0.25, 0.3) is 0 Å². The molecule has 0 saturated carbocycles. The smallest absolute Gasteiger partial charge is 0.320 e. The van der Waals surface area contributed by atoms with E-state index in [0.29, 0.717) is 24.0 Å². The molecular formula is C10H16N2O2. The van der Waals surface area contributed by atoms with Crippen molar-refractivity contribution < 1.29 is 9.90 Å². The Kier molecular flexibility index (Phi) is 1.82. The maximum absolute atomic E-state index is 10.9. The van der Waals surface area contributed by atoms with E-state index in [1.807, 2.05) is 0 Å². The van der Waals surface area contributed by atoms with Crippen LogP contribution >= 0.6 is 0 Å². The largest absolute Gasteiger partial charge is 0.480 e. The molecule has 0 amide bonds. The summed E-state index contributed by atoms with van der Waals surface area (Å²) in [6, 6.07) is 1.37. The van der Waals surface area contributed by atoms with Gasteiger partial charge in [0.05, 0.1) is 0 Å². The number of piperidine rings is 1. The lowest BCUT2D eigenvalue weighted by atomic mass is 9.87. The normalized spacial score (nSPS) is 50.4. The number of hydrogen-bond acceptors (Lipinski definition) is 3. The fourth-order valence-electron chi connectivity index (χ4n) is 3.43. The van der Waals surface area contributed by atoms with Gasteiger partial charge < -0.3 is 15.7 Å². The molecule has 5 unspecified atom stereocenters. The highest BCUT2D eigenvalue weighted by atomic mass is 16.4. The Bertz CT molecular complexity index is 269. The third kappa shape index (κ3) is 1.17. The Morgan fingerprint density at radius 2 is 2.00 bits per heavy atom. The number of aliphatic carboxylic acids is 1. The molecule has 3 rings (SSSR count). The summed E-state index contributed by atoms with van der Waals surface area (Å²) in [5.41, 5.74) is 0. The Hall–Kier alpha value is -0.610. The first-order chi connectivity index (χ1) is 6.74. The SMILES string of the molecule is O=C(O)C1CC2C3CCC(CC2N1)N3. The van der Waals surface area contributed by atoms with Gasteiger partial charge in [0.2, 0.25) is 0 Å². The van der Waals surface area contributed by atoms with Crippen molar-refractivity contribution in [1.82, 2.24) is 10.6 Å². The standard InChI is InChI=1S/C10H16N2O2/c13-10(14)9-4-6-7-2-1-5(11-7)3-8(6)12-9/h5-9,11-12H,1-4H2,(H,13,14). The monoisotopic (exact) mass is 196 g/mol. The molecule has 4 nitrogen and oxygen atoms in total. The zero-order valence-corrected chi connectivity index (χ0v) is 8.07. The van der Waals surface area contributed by atoms with Crippen LogP contribution in [0.2, 0.25) is 0 Å². The van der Waals surface area contributed by atoms with E-state index < -0.39 is 5.97 Å². The van der Waals surface area contributed by atoms with Gasteiger partial charge in [-0.25, -0.2) is 0 Å². The van der Waals surface area contributed by atoms with Crippen LogP contribution in [0.5, 0.6) is 0 Å². The quantitative estimate of drug-likeness (QED) is 0.550. The molecule has 14 heavy (non-hydrogen) atoms. The van der Waals surface area contributed by atoms with E-state index in [-0.39, 0.29) is 6.04 Å². The molecule has 5 atom stereocenters. The summed E-state index contributed by atoms with van der Waals surface area (Å²) in [6.07, 6.45) is 4.44. The van der Waals surface area contributed by atoms with Crippen LogP contribution in [0.1, 0.15) is 25.7 Å². The molecule has 3 saturated heterocycles. The lowest BCUT2D eigenvalue weighted by molar-refractivity contribution is -0.139. The molecule has 3 N–H and O–H groups in total. The summed E-state index contributed by atoms with van der Waals surface area (Å²) in [4.78, 5) is 10.9. The Labute approximate surface area is 83.1 Å². The van der Waals surface area contributed by atoms with Crippen LogP contribution in [0.15, 0.2) is 0 Å². The first kappa shape index (κ1) is 8.68. The minimum atomic E-state index is -0.685. The molecule has 0 radical (unpaired) electrons. The van der Waals surface area contributed by atoms with E-state index in [9.17, 15) is 4.79 Å². The van der Waals surface area contributed by atoms with Crippen molar-refractivity contribution in [2.45, 2.75) is 49.9 Å². The molecule has 78 valence electrons. The first-order valence-electron chi connectivity index (χ1n) is 5.49. The van der Waals surface area contributed by atoms with Crippen molar-refractivity contribution in [2.75, 3.05) is 0 Å². The van der Waals surface area contributed by atoms with Crippen molar-refractivity contribution >= 4 is 5.97 Å². The lowest BCUT2D eigenvalue weighted by Crippen LogP contribution is -2.49. The molecule has 3 aliphatic rings. The Morgan fingerprint density at radius 1 is 1.14 bits per heavy atom.